The molecule has 0 amide bonds. The van der Waals surface area contributed by atoms with Crippen molar-refractivity contribution >= 4 is 29.1 Å². The molecule has 1 heterocycles. The Labute approximate surface area is 110 Å². The number of hydrogen-bond acceptors (Lipinski definition) is 6. The average molecular weight is 274 g/mol. The fourth-order valence-corrected chi connectivity index (χ4v) is 2.90. The zero-order chi connectivity index (χ0) is 12.7. The first kappa shape index (κ1) is 14.5. The van der Waals surface area contributed by atoms with Crippen molar-refractivity contribution in [2.45, 2.75) is 32.1 Å². The standard InChI is InChI=1S/C11H18N2O2S2/c1-3-10-13-8(6-17-10)5-16-7-9(12)11(14)15-4-2/h6,9H,3-5,7,12H2,1-2H3. The molecule has 6 heteroatoms. The molecular weight excluding hydrogens is 256 g/mol. The van der Waals surface area contributed by atoms with Gasteiger partial charge in [0, 0.05) is 16.9 Å². The Balaban J connectivity index is 2.25. The Kier molecular flexibility index (Phi) is 6.54. The molecule has 0 aliphatic heterocycles. The van der Waals surface area contributed by atoms with E-state index < -0.39 is 6.04 Å². The highest BCUT2D eigenvalue weighted by Crippen LogP contribution is 2.16. The minimum Gasteiger partial charge on any atom is -0.465 e. The first-order valence-electron chi connectivity index (χ1n) is 5.60. The summed E-state index contributed by atoms with van der Waals surface area (Å²) < 4.78 is 4.84. The third-order valence-corrected chi connectivity index (χ3v) is 4.18. The Morgan fingerprint density at radius 3 is 3.00 bits per heavy atom. The molecule has 0 saturated heterocycles. The van der Waals surface area contributed by atoms with E-state index in [1.54, 1.807) is 30.0 Å². The Bertz CT molecular complexity index is 355. The largest absolute Gasteiger partial charge is 0.465 e. The number of rotatable bonds is 7. The number of nitrogens with two attached hydrogens (primary N) is 1. The number of ether oxygens (including phenoxy) is 1. The van der Waals surface area contributed by atoms with Crippen molar-refractivity contribution in [2.24, 2.45) is 5.73 Å². The molecule has 96 valence electrons. The van der Waals surface area contributed by atoms with Gasteiger partial charge in [-0.3, -0.25) is 4.79 Å². The minimum absolute atomic E-state index is 0.326. The van der Waals surface area contributed by atoms with E-state index in [0.717, 1.165) is 22.9 Å². The van der Waals surface area contributed by atoms with E-state index in [4.69, 9.17) is 10.5 Å². The van der Waals surface area contributed by atoms with Gasteiger partial charge in [0.1, 0.15) is 6.04 Å². The van der Waals surface area contributed by atoms with Gasteiger partial charge in [0.25, 0.3) is 0 Å². The maximum Gasteiger partial charge on any atom is 0.323 e. The molecule has 4 nitrogen and oxygen atoms in total. The number of thioether (sulfide) groups is 1. The fraction of sp³-hybridized carbons (Fsp3) is 0.636. The molecule has 17 heavy (non-hydrogen) atoms. The summed E-state index contributed by atoms with van der Waals surface area (Å²) in [6, 6.07) is -0.538. The number of nitrogens with zero attached hydrogens (tertiary/aromatic N) is 1. The zero-order valence-corrected chi connectivity index (χ0v) is 11.8. The summed E-state index contributed by atoms with van der Waals surface area (Å²) in [4.78, 5) is 15.7. The van der Waals surface area contributed by atoms with Crippen molar-refractivity contribution in [3.05, 3.63) is 16.1 Å². The molecule has 1 rings (SSSR count). The van der Waals surface area contributed by atoms with Crippen LogP contribution in [0.4, 0.5) is 0 Å². The quantitative estimate of drug-likeness (QED) is 0.768. The van der Waals surface area contributed by atoms with E-state index in [0.29, 0.717) is 12.4 Å². The van der Waals surface area contributed by atoms with Gasteiger partial charge in [-0.1, -0.05) is 6.92 Å². The van der Waals surface area contributed by atoms with Crippen LogP contribution in [0.25, 0.3) is 0 Å². The lowest BCUT2D eigenvalue weighted by molar-refractivity contribution is -0.144. The average Bonchev–Trinajstić information content (AvgIpc) is 2.77. The number of thiazole rings is 1. The first-order chi connectivity index (χ1) is 8.17. The summed E-state index contributed by atoms with van der Waals surface area (Å²) in [5.41, 5.74) is 6.75. The van der Waals surface area contributed by atoms with E-state index in [-0.39, 0.29) is 5.97 Å². The van der Waals surface area contributed by atoms with E-state index >= 15 is 0 Å². The second-order valence-corrected chi connectivity index (χ2v) is 5.43. The third-order valence-electron chi connectivity index (χ3n) is 2.04. The molecule has 0 aliphatic rings. The molecule has 0 bridgehead atoms. The molecule has 0 saturated carbocycles. The normalized spacial score (nSPS) is 12.4. The van der Waals surface area contributed by atoms with Crippen LogP contribution in [0, 0.1) is 0 Å². The lowest BCUT2D eigenvalue weighted by atomic mass is 10.4. The summed E-state index contributed by atoms with van der Waals surface area (Å²) >= 11 is 3.29. The van der Waals surface area contributed by atoms with Crippen LogP contribution < -0.4 is 5.73 Å². The van der Waals surface area contributed by atoms with Gasteiger partial charge in [-0.25, -0.2) is 4.98 Å². The first-order valence-corrected chi connectivity index (χ1v) is 7.64. The maximum atomic E-state index is 11.3. The van der Waals surface area contributed by atoms with Gasteiger partial charge >= 0.3 is 5.97 Å². The van der Waals surface area contributed by atoms with Crippen LogP contribution in [0.15, 0.2) is 5.38 Å². The van der Waals surface area contributed by atoms with Crippen molar-refractivity contribution in [1.29, 1.82) is 0 Å². The molecule has 1 unspecified atom stereocenters. The van der Waals surface area contributed by atoms with Crippen molar-refractivity contribution in [3.63, 3.8) is 0 Å². The molecular formula is C11H18N2O2S2. The molecule has 0 spiro atoms. The highest BCUT2D eigenvalue weighted by atomic mass is 32.2. The molecule has 0 aromatic carbocycles. The minimum atomic E-state index is -0.538. The lowest BCUT2D eigenvalue weighted by Crippen LogP contribution is -2.34. The number of carbonyl (C=O) groups is 1. The third kappa shape index (κ3) is 5.06. The molecule has 2 N–H and O–H groups in total. The summed E-state index contributed by atoms with van der Waals surface area (Å²) in [5.74, 6) is 1.04. The number of aromatic nitrogens is 1. The number of esters is 1. The fourth-order valence-electron chi connectivity index (χ4n) is 1.19. The predicted octanol–water partition coefficient (Wildman–Crippen LogP) is 1.83. The van der Waals surface area contributed by atoms with Crippen molar-refractivity contribution in [3.8, 4) is 0 Å². The van der Waals surface area contributed by atoms with Gasteiger partial charge in [-0.2, -0.15) is 11.8 Å². The summed E-state index contributed by atoms with van der Waals surface area (Å²) in [5, 5.41) is 3.21. The second kappa shape index (κ2) is 7.68. The Hall–Kier alpha value is -0.590. The highest BCUT2D eigenvalue weighted by Gasteiger charge is 2.14. The topological polar surface area (TPSA) is 65.2 Å². The monoisotopic (exact) mass is 274 g/mol. The zero-order valence-electron chi connectivity index (χ0n) is 10.1. The van der Waals surface area contributed by atoms with Crippen molar-refractivity contribution in [2.75, 3.05) is 12.4 Å². The van der Waals surface area contributed by atoms with Crippen molar-refractivity contribution in [1.82, 2.24) is 4.98 Å². The van der Waals surface area contributed by atoms with Crippen LogP contribution in [0.1, 0.15) is 24.5 Å². The Morgan fingerprint density at radius 2 is 2.41 bits per heavy atom. The van der Waals surface area contributed by atoms with Crippen molar-refractivity contribution < 1.29 is 9.53 Å². The van der Waals surface area contributed by atoms with E-state index in [1.165, 1.54) is 0 Å². The molecule has 1 atom stereocenters. The molecule has 1 aromatic heterocycles. The molecule has 0 fully saturated rings. The van der Waals surface area contributed by atoms with E-state index in [1.807, 2.05) is 0 Å². The summed E-state index contributed by atoms with van der Waals surface area (Å²) in [6.45, 7) is 4.24. The highest BCUT2D eigenvalue weighted by molar-refractivity contribution is 7.98. The van der Waals surface area contributed by atoms with Gasteiger partial charge in [0.15, 0.2) is 0 Å². The van der Waals surface area contributed by atoms with Crippen LogP contribution in [-0.4, -0.2) is 29.4 Å². The number of aryl methyl sites for hydroxylation is 1. The predicted molar refractivity (Wildman–Crippen MR) is 72.3 cm³/mol. The van der Waals surface area contributed by atoms with E-state index in [2.05, 4.69) is 17.3 Å². The van der Waals surface area contributed by atoms with Gasteiger partial charge < -0.3 is 10.5 Å². The van der Waals surface area contributed by atoms with Gasteiger partial charge in [0.2, 0.25) is 0 Å². The second-order valence-electron chi connectivity index (χ2n) is 3.46. The molecule has 0 radical (unpaired) electrons. The van der Waals surface area contributed by atoms with Crippen LogP contribution >= 0.6 is 23.1 Å². The lowest BCUT2D eigenvalue weighted by Gasteiger charge is -2.09. The Morgan fingerprint density at radius 1 is 1.65 bits per heavy atom. The maximum absolute atomic E-state index is 11.3. The molecule has 0 aliphatic carbocycles. The van der Waals surface area contributed by atoms with Crippen LogP contribution in [-0.2, 0) is 21.7 Å². The number of hydrogen-bond donors (Lipinski definition) is 1. The van der Waals surface area contributed by atoms with E-state index in [9.17, 15) is 4.79 Å². The van der Waals surface area contributed by atoms with Gasteiger partial charge in [-0.05, 0) is 13.3 Å². The van der Waals surface area contributed by atoms with Crippen LogP contribution in [0.3, 0.4) is 0 Å². The van der Waals surface area contributed by atoms with Crippen LogP contribution in [0.5, 0.6) is 0 Å². The van der Waals surface area contributed by atoms with Gasteiger partial charge in [0.05, 0.1) is 17.3 Å². The summed E-state index contributed by atoms with van der Waals surface area (Å²) in [7, 11) is 0. The van der Waals surface area contributed by atoms with Crippen LogP contribution in [0.2, 0.25) is 0 Å². The summed E-state index contributed by atoms with van der Waals surface area (Å²) in [6.07, 6.45) is 0.970. The number of carbonyl (C=O) groups excluding carboxylic acids is 1. The SMILES string of the molecule is CCOC(=O)C(N)CSCc1csc(CC)n1. The smallest absolute Gasteiger partial charge is 0.323 e. The molecule has 1 aromatic rings. The van der Waals surface area contributed by atoms with Gasteiger partial charge in [-0.15, -0.1) is 11.3 Å².